The molecule has 2 aromatic carbocycles. The molecule has 0 aliphatic carbocycles. The third kappa shape index (κ3) is 4.28. The van der Waals surface area contributed by atoms with E-state index in [1.54, 1.807) is 18.4 Å². The van der Waals surface area contributed by atoms with Crippen molar-refractivity contribution in [1.29, 1.82) is 0 Å². The number of thiophene rings is 1. The summed E-state index contributed by atoms with van der Waals surface area (Å²) in [6.07, 6.45) is 0.888. The third-order valence-corrected chi connectivity index (χ3v) is 7.67. The number of methoxy groups -OCH3 is 1. The summed E-state index contributed by atoms with van der Waals surface area (Å²) >= 11 is 3.04. The number of nitrogens with zero attached hydrogens (tertiary/aromatic N) is 4. The number of hydrogen-bond donors (Lipinski definition) is 0. The van der Waals surface area contributed by atoms with E-state index in [1.807, 2.05) is 64.2 Å². The second-order valence-corrected chi connectivity index (χ2v) is 10.1. The lowest BCUT2D eigenvalue weighted by Crippen LogP contribution is -2.40. The SMILES string of the molecule is COc1ccccc1-n1c(S[C@H](C)C(=O)N2CCc3ccccc3C2)nnc1-c1cccs1. The average Bonchev–Trinajstić information content (AvgIpc) is 3.53. The van der Waals surface area contributed by atoms with Crippen molar-refractivity contribution in [2.75, 3.05) is 13.7 Å². The lowest BCUT2D eigenvalue weighted by molar-refractivity contribution is -0.131. The summed E-state index contributed by atoms with van der Waals surface area (Å²) in [5.74, 6) is 1.58. The summed E-state index contributed by atoms with van der Waals surface area (Å²) < 4.78 is 7.61. The van der Waals surface area contributed by atoms with E-state index < -0.39 is 0 Å². The van der Waals surface area contributed by atoms with Gasteiger partial charge in [0.05, 0.1) is 22.9 Å². The molecule has 8 heteroatoms. The first-order valence-corrected chi connectivity index (χ1v) is 12.6. The molecule has 0 unspecified atom stereocenters. The first-order valence-electron chi connectivity index (χ1n) is 10.8. The molecule has 0 radical (unpaired) electrons. The van der Waals surface area contributed by atoms with E-state index >= 15 is 0 Å². The standard InChI is InChI=1S/C25H24N4O2S2/c1-17(24(30)28-14-13-18-8-3-4-9-19(18)16-28)33-25-27-26-23(22-12-7-15-32-22)29(25)20-10-5-6-11-21(20)31-2/h3-12,15,17H,13-14,16H2,1-2H3/t17-/m1/s1. The molecule has 0 saturated carbocycles. The lowest BCUT2D eigenvalue weighted by Gasteiger charge is -2.30. The van der Waals surface area contributed by atoms with E-state index in [2.05, 4.69) is 28.4 Å². The molecule has 1 atom stereocenters. The van der Waals surface area contributed by atoms with Gasteiger partial charge in [0, 0.05) is 13.1 Å². The van der Waals surface area contributed by atoms with Crippen molar-refractivity contribution < 1.29 is 9.53 Å². The van der Waals surface area contributed by atoms with Crippen LogP contribution in [0.1, 0.15) is 18.1 Å². The Labute approximate surface area is 201 Å². The van der Waals surface area contributed by atoms with Gasteiger partial charge in [-0.05, 0) is 48.1 Å². The Morgan fingerprint density at radius 3 is 2.64 bits per heavy atom. The van der Waals surface area contributed by atoms with Crippen LogP contribution in [0.2, 0.25) is 0 Å². The second kappa shape index (κ2) is 9.41. The Morgan fingerprint density at radius 1 is 1.06 bits per heavy atom. The second-order valence-electron chi connectivity index (χ2n) is 7.83. The molecule has 33 heavy (non-hydrogen) atoms. The number of hydrogen-bond acceptors (Lipinski definition) is 6. The zero-order valence-corrected chi connectivity index (χ0v) is 20.1. The molecule has 4 aromatic rings. The minimum absolute atomic E-state index is 0.113. The Kier molecular flexibility index (Phi) is 6.20. The van der Waals surface area contributed by atoms with Crippen LogP contribution >= 0.6 is 23.1 Å². The predicted molar refractivity (Wildman–Crippen MR) is 132 cm³/mol. The van der Waals surface area contributed by atoms with Gasteiger partial charge in [-0.2, -0.15) is 0 Å². The van der Waals surface area contributed by atoms with E-state index in [0.29, 0.717) is 11.7 Å². The fourth-order valence-corrected chi connectivity index (χ4v) is 5.74. The van der Waals surface area contributed by atoms with Gasteiger partial charge in [0.1, 0.15) is 5.75 Å². The molecule has 1 amide bonds. The molecule has 0 bridgehead atoms. The maximum atomic E-state index is 13.3. The number of aromatic nitrogens is 3. The van der Waals surface area contributed by atoms with Crippen molar-refractivity contribution in [2.24, 2.45) is 0 Å². The minimum atomic E-state index is -0.302. The summed E-state index contributed by atoms with van der Waals surface area (Å²) in [6, 6.07) is 20.2. The maximum absolute atomic E-state index is 13.3. The van der Waals surface area contributed by atoms with Crippen molar-refractivity contribution in [2.45, 2.75) is 30.3 Å². The number of ether oxygens (including phenoxy) is 1. The summed E-state index contributed by atoms with van der Waals surface area (Å²) in [5, 5.41) is 11.4. The first kappa shape index (κ1) is 21.7. The fraction of sp³-hybridized carbons (Fsp3) is 0.240. The van der Waals surface area contributed by atoms with Crippen LogP contribution in [0.3, 0.4) is 0 Å². The van der Waals surface area contributed by atoms with Crippen LogP contribution in [-0.2, 0) is 17.8 Å². The zero-order chi connectivity index (χ0) is 22.8. The number of para-hydroxylation sites is 2. The van der Waals surface area contributed by atoms with Gasteiger partial charge in [-0.25, -0.2) is 0 Å². The molecular weight excluding hydrogens is 452 g/mol. The van der Waals surface area contributed by atoms with Crippen LogP contribution in [0.5, 0.6) is 5.75 Å². The molecule has 0 fully saturated rings. The smallest absolute Gasteiger partial charge is 0.236 e. The molecule has 3 heterocycles. The molecule has 1 aliphatic rings. The molecule has 1 aliphatic heterocycles. The summed E-state index contributed by atoms with van der Waals surface area (Å²) in [7, 11) is 1.65. The minimum Gasteiger partial charge on any atom is -0.495 e. The highest BCUT2D eigenvalue weighted by molar-refractivity contribution is 8.00. The summed E-state index contributed by atoms with van der Waals surface area (Å²) in [5.41, 5.74) is 3.41. The van der Waals surface area contributed by atoms with Crippen molar-refractivity contribution >= 4 is 29.0 Å². The number of rotatable bonds is 6. The van der Waals surface area contributed by atoms with Gasteiger partial charge in [-0.15, -0.1) is 21.5 Å². The molecule has 2 aromatic heterocycles. The summed E-state index contributed by atoms with van der Waals surface area (Å²) in [4.78, 5) is 16.3. The number of carbonyl (C=O) groups excluding carboxylic acids is 1. The van der Waals surface area contributed by atoms with Crippen LogP contribution < -0.4 is 4.74 Å². The number of carbonyl (C=O) groups is 1. The largest absolute Gasteiger partial charge is 0.495 e. The van der Waals surface area contributed by atoms with Gasteiger partial charge < -0.3 is 9.64 Å². The van der Waals surface area contributed by atoms with Crippen LogP contribution in [0.25, 0.3) is 16.4 Å². The topological polar surface area (TPSA) is 60.2 Å². The van der Waals surface area contributed by atoms with E-state index in [0.717, 1.165) is 35.1 Å². The average molecular weight is 477 g/mol. The van der Waals surface area contributed by atoms with Gasteiger partial charge in [-0.1, -0.05) is 54.2 Å². The van der Waals surface area contributed by atoms with Crippen LogP contribution in [0.15, 0.2) is 71.2 Å². The third-order valence-electron chi connectivity index (χ3n) is 5.77. The monoisotopic (exact) mass is 476 g/mol. The van der Waals surface area contributed by atoms with Gasteiger partial charge in [-0.3, -0.25) is 9.36 Å². The number of thioether (sulfide) groups is 1. The van der Waals surface area contributed by atoms with Crippen LogP contribution in [-0.4, -0.2) is 44.5 Å². The highest BCUT2D eigenvalue weighted by Crippen LogP contribution is 2.35. The summed E-state index contributed by atoms with van der Waals surface area (Å²) in [6.45, 7) is 3.33. The van der Waals surface area contributed by atoms with Gasteiger partial charge >= 0.3 is 0 Å². The maximum Gasteiger partial charge on any atom is 0.236 e. The molecule has 0 saturated heterocycles. The highest BCUT2D eigenvalue weighted by atomic mass is 32.2. The molecule has 0 spiro atoms. The van der Waals surface area contributed by atoms with Gasteiger partial charge in [0.15, 0.2) is 11.0 Å². The molecular formula is C25H24N4O2S2. The van der Waals surface area contributed by atoms with Crippen LogP contribution in [0.4, 0.5) is 0 Å². The first-order chi connectivity index (χ1) is 16.2. The molecule has 6 nitrogen and oxygen atoms in total. The van der Waals surface area contributed by atoms with E-state index in [-0.39, 0.29) is 11.2 Å². The lowest BCUT2D eigenvalue weighted by atomic mass is 10.00. The van der Waals surface area contributed by atoms with Gasteiger partial charge in [0.25, 0.3) is 0 Å². The fourth-order valence-electron chi connectivity index (χ4n) is 4.09. The Bertz CT molecular complexity index is 1270. The van der Waals surface area contributed by atoms with Crippen LogP contribution in [0, 0.1) is 0 Å². The van der Waals surface area contributed by atoms with E-state index in [4.69, 9.17) is 4.74 Å². The number of amides is 1. The molecule has 168 valence electrons. The Hall–Kier alpha value is -3.10. The number of benzene rings is 2. The normalized spacial score (nSPS) is 14.1. The Balaban J connectivity index is 1.44. The van der Waals surface area contributed by atoms with E-state index in [1.165, 1.54) is 22.9 Å². The van der Waals surface area contributed by atoms with E-state index in [9.17, 15) is 4.79 Å². The molecule has 0 N–H and O–H groups in total. The van der Waals surface area contributed by atoms with Crippen molar-refractivity contribution in [3.63, 3.8) is 0 Å². The zero-order valence-electron chi connectivity index (χ0n) is 18.5. The number of fused-ring (bicyclic) bond motifs is 1. The van der Waals surface area contributed by atoms with Gasteiger partial charge in [0.2, 0.25) is 5.91 Å². The highest BCUT2D eigenvalue weighted by Gasteiger charge is 2.28. The Morgan fingerprint density at radius 2 is 1.85 bits per heavy atom. The molecule has 5 rings (SSSR count). The van der Waals surface area contributed by atoms with Crippen molar-refractivity contribution in [1.82, 2.24) is 19.7 Å². The van der Waals surface area contributed by atoms with Crippen molar-refractivity contribution in [3.8, 4) is 22.1 Å². The predicted octanol–water partition coefficient (Wildman–Crippen LogP) is 5.07. The quantitative estimate of drug-likeness (QED) is 0.364. The van der Waals surface area contributed by atoms with Crippen molar-refractivity contribution in [3.05, 3.63) is 77.2 Å².